The topological polar surface area (TPSA) is 44.1 Å². The highest BCUT2D eigenvalue weighted by Gasteiger charge is 2.24. The van der Waals surface area contributed by atoms with E-state index in [9.17, 15) is 22.4 Å². The van der Waals surface area contributed by atoms with Gasteiger partial charge < -0.3 is 4.74 Å². The Kier molecular flexibility index (Phi) is 4.17. The number of hydrogen-bond acceptors (Lipinski definition) is 3. The summed E-state index contributed by atoms with van der Waals surface area (Å²) in [6.07, 6.45) is 0.350. The summed E-state index contributed by atoms with van der Waals surface area (Å²) in [7, 11) is 1.15. The van der Waals surface area contributed by atoms with Crippen LogP contribution in [0.5, 0.6) is 5.88 Å². The predicted molar refractivity (Wildman–Crippen MR) is 65.6 cm³/mol. The van der Waals surface area contributed by atoms with Gasteiger partial charge in [0, 0.05) is 18.2 Å². The summed E-state index contributed by atoms with van der Waals surface area (Å²) in [5, 5.41) is 3.42. The fourth-order valence-corrected chi connectivity index (χ4v) is 1.90. The zero-order valence-electron chi connectivity index (χ0n) is 10.4. The van der Waals surface area contributed by atoms with Crippen molar-refractivity contribution >= 4 is 17.9 Å². The number of rotatable bonds is 4. The summed E-state index contributed by atoms with van der Waals surface area (Å²) in [5.74, 6) is -3.07. The van der Waals surface area contributed by atoms with Gasteiger partial charge in [0.25, 0.3) is 5.88 Å². The van der Waals surface area contributed by atoms with Gasteiger partial charge >= 0.3 is 6.61 Å². The van der Waals surface area contributed by atoms with Crippen molar-refractivity contribution < 1.29 is 27.1 Å². The lowest BCUT2D eigenvalue weighted by Gasteiger charge is -2.04. The lowest BCUT2D eigenvalue weighted by atomic mass is 10.1. The molecule has 0 aliphatic heterocycles. The van der Waals surface area contributed by atoms with Crippen molar-refractivity contribution in [2.75, 3.05) is 0 Å². The molecule has 0 spiro atoms. The Morgan fingerprint density at radius 2 is 2.05 bits per heavy atom. The smallest absolute Gasteiger partial charge is 0.388 e. The predicted octanol–water partition coefficient (Wildman–Crippen LogP) is 3.43. The molecule has 0 radical (unpaired) electrons. The van der Waals surface area contributed by atoms with Crippen molar-refractivity contribution in [3.05, 3.63) is 34.4 Å². The highest BCUT2D eigenvalue weighted by Crippen LogP contribution is 2.33. The second-order valence-electron chi connectivity index (χ2n) is 3.94. The molecule has 1 aromatic carbocycles. The van der Waals surface area contributed by atoms with Crippen molar-refractivity contribution in [2.24, 2.45) is 7.05 Å². The Morgan fingerprint density at radius 3 is 2.62 bits per heavy atom. The number of carbonyl (C=O) groups is 1. The van der Waals surface area contributed by atoms with Gasteiger partial charge in [-0.1, -0.05) is 11.6 Å². The molecule has 0 aliphatic carbocycles. The molecule has 2 rings (SSSR count). The third-order valence-corrected chi connectivity index (χ3v) is 2.94. The van der Waals surface area contributed by atoms with Gasteiger partial charge in [-0.05, 0) is 12.1 Å². The molecule has 9 heteroatoms. The van der Waals surface area contributed by atoms with Crippen LogP contribution in [0, 0.1) is 11.6 Å². The Hall–Kier alpha value is -2.09. The first-order valence-electron chi connectivity index (χ1n) is 5.47. The number of aromatic nitrogens is 2. The number of alkyl halides is 2. The van der Waals surface area contributed by atoms with E-state index in [-0.39, 0.29) is 10.6 Å². The van der Waals surface area contributed by atoms with Crippen molar-refractivity contribution in [1.82, 2.24) is 9.78 Å². The molecule has 0 N–H and O–H groups in total. The van der Waals surface area contributed by atoms with Gasteiger partial charge in [-0.2, -0.15) is 18.3 Å². The molecule has 21 heavy (non-hydrogen) atoms. The number of aryl methyl sites for hydroxylation is 1. The highest BCUT2D eigenvalue weighted by molar-refractivity contribution is 6.33. The van der Waals surface area contributed by atoms with Crippen molar-refractivity contribution in [3.8, 4) is 17.1 Å². The highest BCUT2D eigenvalue weighted by atomic mass is 35.5. The summed E-state index contributed by atoms with van der Waals surface area (Å²) >= 11 is 5.62. The minimum Gasteiger partial charge on any atom is -0.414 e. The van der Waals surface area contributed by atoms with E-state index in [0.717, 1.165) is 19.2 Å². The number of ether oxygens (including phenoxy) is 1. The Balaban J connectivity index is 2.60. The quantitative estimate of drug-likeness (QED) is 0.640. The number of nitrogens with zero attached hydrogens (tertiary/aromatic N) is 2. The van der Waals surface area contributed by atoms with E-state index in [1.807, 2.05) is 0 Å². The first kappa shape index (κ1) is 15.3. The molecule has 0 saturated heterocycles. The van der Waals surface area contributed by atoms with Crippen molar-refractivity contribution in [1.29, 1.82) is 0 Å². The lowest BCUT2D eigenvalue weighted by molar-refractivity contribution is -0.0576. The summed E-state index contributed by atoms with van der Waals surface area (Å²) in [4.78, 5) is 10.8. The Morgan fingerprint density at radius 1 is 1.38 bits per heavy atom. The molecular weight excluding hydrogens is 316 g/mol. The molecule has 0 amide bonds. The van der Waals surface area contributed by atoms with Crippen LogP contribution in [0.1, 0.15) is 10.4 Å². The van der Waals surface area contributed by atoms with Gasteiger partial charge in [-0.15, -0.1) is 0 Å². The molecule has 1 heterocycles. The molecule has 0 saturated carbocycles. The summed E-state index contributed by atoms with van der Waals surface area (Å²) in [5.41, 5.74) is -1.04. The van der Waals surface area contributed by atoms with Gasteiger partial charge in [-0.25, -0.2) is 9.07 Å². The maximum Gasteiger partial charge on any atom is 0.388 e. The summed E-state index contributed by atoms with van der Waals surface area (Å²) < 4.78 is 56.9. The maximum atomic E-state index is 14.0. The zero-order valence-corrected chi connectivity index (χ0v) is 11.2. The largest absolute Gasteiger partial charge is 0.414 e. The molecule has 0 atom stereocenters. The van der Waals surface area contributed by atoms with E-state index in [1.54, 1.807) is 0 Å². The number of carbonyl (C=O) groups excluding carboxylic acids is 1. The van der Waals surface area contributed by atoms with Crippen LogP contribution in [-0.2, 0) is 7.05 Å². The van der Waals surface area contributed by atoms with Crippen LogP contribution in [0.4, 0.5) is 17.6 Å². The molecule has 0 aliphatic rings. The average molecular weight is 323 g/mol. The van der Waals surface area contributed by atoms with Crippen molar-refractivity contribution in [3.63, 3.8) is 0 Å². The minimum absolute atomic E-state index is 0.0885. The first-order valence-corrected chi connectivity index (χ1v) is 5.84. The third-order valence-electron chi connectivity index (χ3n) is 2.61. The van der Waals surface area contributed by atoms with E-state index in [2.05, 4.69) is 9.84 Å². The molecule has 112 valence electrons. The van der Waals surface area contributed by atoms with Crippen LogP contribution in [0.3, 0.4) is 0 Å². The first-order chi connectivity index (χ1) is 9.85. The Labute approximate surface area is 120 Å². The van der Waals surface area contributed by atoms with Crippen LogP contribution in [0.25, 0.3) is 11.3 Å². The van der Waals surface area contributed by atoms with Gasteiger partial charge in [0.1, 0.15) is 11.5 Å². The van der Waals surface area contributed by atoms with Crippen LogP contribution < -0.4 is 4.74 Å². The van der Waals surface area contributed by atoms with E-state index in [1.165, 1.54) is 0 Å². The number of hydrogen-bond donors (Lipinski definition) is 0. The van der Waals surface area contributed by atoms with Crippen LogP contribution >= 0.6 is 11.6 Å². The third kappa shape index (κ3) is 2.85. The normalized spacial score (nSPS) is 11.0. The molecule has 4 nitrogen and oxygen atoms in total. The fourth-order valence-electron chi connectivity index (χ4n) is 1.70. The molecule has 2 aromatic rings. The molecule has 0 unspecified atom stereocenters. The second-order valence-corrected chi connectivity index (χ2v) is 4.35. The number of halogens is 5. The van der Waals surface area contributed by atoms with Gasteiger partial charge in [-0.3, -0.25) is 4.79 Å². The fraction of sp³-hybridized carbons (Fsp3) is 0.167. The van der Waals surface area contributed by atoms with E-state index >= 15 is 0 Å². The standard InChI is InChI=1S/C12H7ClF4N2O2/c1-19-11(21-12(16)17)9(15)10(18-19)6-2-5(4-20)7(13)3-8(6)14/h2-4,12H,1H3. The van der Waals surface area contributed by atoms with Gasteiger partial charge in [0.05, 0.1) is 5.02 Å². The number of aldehydes is 1. The van der Waals surface area contributed by atoms with Gasteiger partial charge in [0.15, 0.2) is 6.29 Å². The summed E-state index contributed by atoms with van der Waals surface area (Å²) in [6.45, 7) is -3.26. The maximum absolute atomic E-state index is 14.0. The molecule has 0 fully saturated rings. The van der Waals surface area contributed by atoms with Crippen molar-refractivity contribution in [2.45, 2.75) is 6.61 Å². The average Bonchev–Trinajstić information content (AvgIpc) is 2.66. The van der Waals surface area contributed by atoms with Crippen LogP contribution in [-0.4, -0.2) is 22.7 Å². The van der Waals surface area contributed by atoms with E-state index in [0.29, 0.717) is 11.0 Å². The van der Waals surface area contributed by atoms with E-state index in [4.69, 9.17) is 11.6 Å². The summed E-state index contributed by atoms with van der Waals surface area (Å²) in [6, 6.07) is 1.78. The SMILES string of the molecule is Cn1nc(-c2cc(C=O)c(Cl)cc2F)c(F)c1OC(F)F. The number of benzene rings is 1. The molecule has 1 aromatic heterocycles. The Bertz CT molecular complexity index is 703. The van der Waals surface area contributed by atoms with Crippen LogP contribution in [0.15, 0.2) is 12.1 Å². The monoisotopic (exact) mass is 322 g/mol. The lowest BCUT2D eigenvalue weighted by Crippen LogP contribution is -2.07. The van der Waals surface area contributed by atoms with Gasteiger partial charge in [0.2, 0.25) is 5.82 Å². The zero-order chi connectivity index (χ0) is 15.7. The molecular formula is C12H7ClF4N2O2. The minimum atomic E-state index is -3.26. The van der Waals surface area contributed by atoms with Crippen LogP contribution in [0.2, 0.25) is 5.02 Å². The van der Waals surface area contributed by atoms with E-state index < -0.39 is 35.4 Å². The second kappa shape index (κ2) is 5.72. The molecule has 0 bridgehead atoms.